The van der Waals surface area contributed by atoms with Crippen molar-refractivity contribution in [1.29, 1.82) is 0 Å². The smallest absolute Gasteiger partial charge is 0.273 e. The molecule has 2 rings (SSSR count). The molecule has 1 aromatic carbocycles. The maximum atomic E-state index is 11.2. The van der Waals surface area contributed by atoms with Crippen LogP contribution in [0.15, 0.2) is 18.2 Å². The van der Waals surface area contributed by atoms with Crippen molar-refractivity contribution in [2.24, 2.45) is 0 Å². The van der Waals surface area contributed by atoms with Crippen LogP contribution in [0.4, 0.5) is 0 Å². The number of nitrogens with zero attached hydrogens (tertiary/aromatic N) is 1. The second-order valence-electron chi connectivity index (χ2n) is 4.33. The summed E-state index contributed by atoms with van der Waals surface area (Å²) >= 11 is 5.94. The van der Waals surface area contributed by atoms with E-state index in [-0.39, 0.29) is 12.5 Å². The second-order valence-corrected chi connectivity index (χ2v) is 6.18. The van der Waals surface area contributed by atoms with E-state index in [1.165, 1.54) is 0 Å². The molecule has 1 aliphatic heterocycles. The van der Waals surface area contributed by atoms with Crippen LogP contribution in [0.25, 0.3) is 0 Å². The summed E-state index contributed by atoms with van der Waals surface area (Å²) in [7, 11) is -4.11. The van der Waals surface area contributed by atoms with Gasteiger partial charge in [0.05, 0.1) is 0 Å². The van der Waals surface area contributed by atoms with Crippen LogP contribution < -0.4 is 0 Å². The Labute approximate surface area is 106 Å². The summed E-state index contributed by atoms with van der Waals surface area (Å²) < 4.78 is 32.5. The average molecular weight is 276 g/mol. The van der Waals surface area contributed by atoms with E-state index < -0.39 is 10.3 Å². The molecule has 0 aliphatic carbocycles. The van der Waals surface area contributed by atoms with E-state index in [0.717, 1.165) is 15.4 Å². The minimum atomic E-state index is -4.11. The van der Waals surface area contributed by atoms with Crippen molar-refractivity contribution in [3.8, 4) is 0 Å². The van der Waals surface area contributed by atoms with Gasteiger partial charge in [-0.2, -0.15) is 12.7 Å². The Bertz CT molecular complexity index is 530. The Hall–Kier alpha value is -0.620. The molecule has 0 bridgehead atoms. The van der Waals surface area contributed by atoms with E-state index >= 15 is 0 Å². The monoisotopic (exact) mass is 275 g/mol. The third kappa shape index (κ3) is 2.80. The molecule has 1 aromatic rings. The molecule has 1 N–H and O–H groups in total. The number of fused-ring (bicyclic) bond motifs is 1. The number of hydrogen-bond donors (Lipinski definition) is 1. The average Bonchev–Trinajstić information content (AvgIpc) is 2.38. The minimum absolute atomic E-state index is 0.0214. The maximum absolute atomic E-state index is 11.2. The largest absolute Gasteiger partial charge is 0.335 e. The first-order chi connectivity index (χ1) is 7.88. The van der Waals surface area contributed by atoms with Gasteiger partial charge in [0.15, 0.2) is 0 Å². The highest BCUT2D eigenvalue weighted by molar-refractivity contribution is 7.83. The molecule has 1 atom stereocenters. The van der Waals surface area contributed by atoms with Gasteiger partial charge in [0, 0.05) is 18.1 Å². The molecular formula is C11H14ClNO3S. The molecule has 0 aromatic heterocycles. The van der Waals surface area contributed by atoms with Crippen LogP contribution in [0, 0.1) is 0 Å². The molecule has 6 heteroatoms. The molecule has 17 heavy (non-hydrogen) atoms. The Morgan fingerprint density at radius 2 is 2.18 bits per heavy atom. The van der Waals surface area contributed by atoms with Crippen molar-refractivity contribution in [3.63, 3.8) is 0 Å². The quantitative estimate of drug-likeness (QED) is 0.799. The maximum Gasteiger partial charge on any atom is 0.335 e. The molecule has 0 fully saturated rings. The molecule has 1 heterocycles. The van der Waals surface area contributed by atoms with Crippen LogP contribution in [-0.4, -0.2) is 30.4 Å². The number of hydrogen-bond acceptors (Lipinski definition) is 2. The molecule has 0 unspecified atom stereocenters. The first-order valence-electron chi connectivity index (χ1n) is 5.39. The molecule has 0 radical (unpaired) electrons. The highest BCUT2D eigenvalue weighted by Crippen LogP contribution is 2.28. The fourth-order valence-corrected chi connectivity index (χ4v) is 3.12. The third-order valence-electron chi connectivity index (χ3n) is 3.07. The van der Waals surface area contributed by atoms with Crippen molar-refractivity contribution >= 4 is 21.9 Å². The molecule has 0 saturated carbocycles. The van der Waals surface area contributed by atoms with E-state index in [1.54, 1.807) is 6.07 Å². The van der Waals surface area contributed by atoms with Gasteiger partial charge in [0.25, 0.3) is 0 Å². The fraction of sp³-hybridized carbons (Fsp3) is 0.455. The van der Waals surface area contributed by atoms with E-state index in [4.69, 9.17) is 16.2 Å². The van der Waals surface area contributed by atoms with Crippen LogP contribution in [0.3, 0.4) is 0 Å². The zero-order chi connectivity index (χ0) is 12.6. The lowest BCUT2D eigenvalue weighted by Gasteiger charge is -2.18. The number of benzene rings is 1. The number of halogens is 1. The van der Waals surface area contributed by atoms with Gasteiger partial charge < -0.3 is 0 Å². The lowest BCUT2D eigenvalue weighted by atomic mass is 9.96. The van der Waals surface area contributed by atoms with Gasteiger partial charge in [-0.05, 0) is 35.6 Å². The van der Waals surface area contributed by atoms with E-state index in [1.807, 2.05) is 19.1 Å². The van der Waals surface area contributed by atoms with Gasteiger partial charge in [-0.3, -0.25) is 4.55 Å². The Balaban J connectivity index is 2.36. The fourth-order valence-electron chi connectivity index (χ4n) is 2.20. The van der Waals surface area contributed by atoms with E-state index in [2.05, 4.69) is 0 Å². The third-order valence-corrected chi connectivity index (χ3v) is 4.29. The zero-order valence-corrected chi connectivity index (χ0v) is 11.0. The Morgan fingerprint density at radius 3 is 2.82 bits per heavy atom. The molecule has 4 nitrogen and oxygen atoms in total. The summed E-state index contributed by atoms with van der Waals surface area (Å²) in [5.74, 6) is 0.0214. The minimum Gasteiger partial charge on any atom is -0.273 e. The molecule has 94 valence electrons. The van der Waals surface area contributed by atoms with Crippen molar-refractivity contribution in [1.82, 2.24) is 4.31 Å². The SMILES string of the molecule is C[C@H]1CN(S(=O)(=O)O)CCc2ccc(Cl)cc21. The van der Waals surface area contributed by atoms with Crippen molar-refractivity contribution in [2.75, 3.05) is 13.1 Å². The first kappa shape index (κ1) is 12.8. The van der Waals surface area contributed by atoms with Crippen LogP contribution in [0.5, 0.6) is 0 Å². The summed E-state index contributed by atoms with van der Waals surface area (Å²) in [6.07, 6.45) is 0.594. The topological polar surface area (TPSA) is 57.6 Å². The summed E-state index contributed by atoms with van der Waals surface area (Å²) in [5.41, 5.74) is 2.15. The van der Waals surface area contributed by atoms with Crippen LogP contribution in [-0.2, 0) is 16.7 Å². The second kappa shape index (κ2) is 4.57. The predicted molar refractivity (Wildman–Crippen MR) is 66.7 cm³/mol. The summed E-state index contributed by atoms with van der Waals surface area (Å²) in [5, 5.41) is 0.649. The summed E-state index contributed by atoms with van der Waals surface area (Å²) in [6, 6.07) is 5.59. The van der Waals surface area contributed by atoms with Gasteiger partial charge in [0.1, 0.15) is 0 Å². The lowest BCUT2D eigenvalue weighted by Crippen LogP contribution is -2.33. The van der Waals surface area contributed by atoms with Gasteiger partial charge >= 0.3 is 10.3 Å². The van der Waals surface area contributed by atoms with Gasteiger partial charge in [-0.15, -0.1) is 0 Å². The lowest BCUT2D eigenvalue weighted by molar-refractivity contribution is 0.348. The first-order valence-corrected chi connectivity index (χ1v) is 7.16. The van der Waals surface area contributed by atoms with Gasteiger partial charge in [-0.25, -0.2) is 0 Å². The molecule has 0 spiro atoms. The van der Waals surface area contributed by atoms with Crippen molar-refractivity contribution in [3.05, 3.63) is 34.3 Å². The van der Waals surface area contributed by atoms with Gasteiger partial charge in [0.2, 0.25) is 0 Å². The van der Waals surface area contributed by atoms with Crippen LogP contribution >= 0.6 is 11.6 Å². The standard InChI is InChI=1S/C11H14ClNO3S/c1-8-7-13(17(14,15)16)5-4-9-2-3-10(12)6-11(8)9/h2-3,6,8H,4-5,7H2,1H3,(H,14,15,16)/t8-/m0/s1. The molecule has 1 aliphatic rings. The van der Waals surface area contributed by atoms with Crippen LogP contribution in [0.2, 0.25) is 5.02 Å². The van der Waals surface area contributed by atoms with Crippen LogP contribution in [0.1, 0.15) is 24.0 Å². The Morgan fingerprint density at radius 1 is 1.47 bits per heavy atom. The summed E-state index contributed by atoms with van der Waals surface area (Å²) in [4.78, 5) is 0. The predicted octanol–water partition coefficient (Wildman–Crippen LogP) is 2.10. The number of rotatable bonds is 1. The molecule has 0 amide bonds. The van der Waals surface area contributed by atoms with E-state index in [9.17, 15) is 8.42 Å². The molecular weight excluding hydrogens is 262 g/mol. The van der Waals surface area contributed by atoms with Crippen molar-refractivity contribution < 1.29 is 13.0 Å². The van der Waals surface area contributed by atoms with E-state index in [0.29, 0.717) is 18.0 Å². The summed E-state index contributed by atoms with van der Waals surface area (Å²) in [6.45, 7) is 2.52. The molecule has 0 saturated heterocycles. The zero-order valence-electron chi connectivity index (χ0n) is 9.43. The normalized spacial score (nSPS) is 21.9. The Kier molecular flexibility index (Phi) is 3.45. The highest BCUT2D eigenvalue weighted by Gasteiger charge is 2.26. The highest BCUT2D eigenvalue weighted by atomic mass is 35.5. The van der Waals surface area contributed by atoms with Crippen molar-refractivity contribution in [2.45, 2.75) is 19.3 Å². The van der Waals surface area contributed by atoms with Gasteiger partial charge in [-0.1, -0.05) is 24.6 Å².